The zero-order valence-electron chi connectivity index (χ0n) is 14.0. The van der Waals surface area contributed by atoms with Crippen LogP contribution in [-0.2, 0) is 11.2 Å². The highest BCUT2D eigenvalue weighted by molar-refractivity contribution is 5.27. The van der Waals surface area contributed by atoms with Gasteiger partial charge >= 0.3 is 0 Å². The lowest BCUT2D eigenvalue weighted by molar-refractivity contribution is -0.00000786. The lowest BCUT2D eigenvalue weighted by Gasteiger charge is -2.16. The Morgan fingerprint density at radius 2 is 1.87 bits per heavy atom. The van der Waals surface area contributed by atoms with Crippen molar-refractivity contribution in [3.63, 3.8) is 0 Å². The maximum atomic E-state index is 9.86. The number of benzene rings is 1. The number of aryl methyl sites for hydroxylation is 1. The van der Waals surface area contributed by atoms with Crippen LogP contribution in [0.15, 0.2) is 24.3 Å². The molecule has 132 valence electrons. The number of hydrogen-bond acceptors (Lipinski definition) is 4. The van der Waals surface area contributed by atoms with Crippen LogP contribution in [0.25, 0.3) is 0 Å². The zero-order chi connectivity index (χ0) is 15.6. The summed E-state index contributed by atoms with van der Waals surface area (Å²) in [6.07, 6.45) is 5.68. The lowest BCUT2D eigenvalue weighted by atomic mass is 10.2. The Labute approximate surface area is 146 Å². The summed E-state index contributed by atoms with van der Waals surface area (Å²) in [6.45, 7) is 4.11. The smallest absolute Gasteiger partial charge is 0.119 e. The van der Waals surface area contributed by atoms with Crippen LogP contribution in [0.2, 0.25) is 0 Å². The van der Waals surface area contributed by atoms with Crippen molar-refractivity contribution < 1.29 is 27.0 Å². The molecule has 23 heavy (non-hydrogen) atoms. The van der Waals surface area contributed by atoms with Crippen LogP contribution in [0, 0.1) is 0 Å². The average Bonchev–Trinajstić information content (AvgIpc) is 3.06. The third-order valence-electron chi connectivity index (χ3n) is 4.14. The van der Waals surface area contributed by atoms with Gasteiger partial charge in [-0.1, -0.05) is 31.9 Å². The molecule has 1 saturated carbocycles. The summed E-state index contributed by atoms with van der Waals surface area (Å²) in [5.41, 5.74) is 1.31. The Kier molecular flexibility index (Phi) is 10.3. The van der Waals surface area contributed by atoms with Gasteiger partial charge in [-0.15, -0.1) is 0 Å². The van der Waals surface area contributed by atoms with E-state index >= 15 is 0 Å². The van der Waals surface area contributed by atoms with Crippen molar-refractivity contribution in [1.82, 2.24) is 5.32 Å². The van der Waals surface area contributed by atoms with E-state index in [2.05, 4.69) is 24.4 Å². The Bertz CT molecular complexity index is 407. The van der Waals surface area contributed by atoms with E-state index in [0.29, 0.717) is 32.4 Å². The summed E-state index contributed by atoms with van der Waals surface area (Å²) in [4.78, 5) is 0. The van der Waals surface area contributed by atoms with Crippen molar-refractivity contribution in [3.05, 3.63) is 29.8 Å². The minimum Gasteiger partial charge on any atom is -1.00 e. The average molecular weight is 343 g/mol. The van der Waals surface area contributed by atoms with Gasteiger partial charge in [0.1, 0.15) is 12.4 Å². The number of hydrogen-bond donors (Lipinski definition) is 2. The molecule has 1 aromatic rings. The Hall–Kier alpha value is -0.810. The van der Waals surface area contributed by atoms with E-state index in [-0.39, 0.29) is 12.4 Å². The van der Waals surface area contributed by atoms with Gasteiger partial charge in [0.2, 0.25) is 0 Å². The summed E-state index contributed by atoms with van der Waals surface area (Å²) < 4.78 is 11.1. The largest absolute Gasteiger partial charge is 1.00 e. The summed E-state index contributed by atoms with van der Waals surface area (Å²) in [5.74, 6) is 0.865. The van der Waals surface area contributed by atoms with Gasteiger partial charge in [-0.2, -0.15) is 0 Å². The number of aliphatic hydroxyl groups is 1. The third-order valence-corrected chi connectivity index (χ3v) is 4.14. The normalized spacial score (nSPS) is 16.1. The van der Waals surface area contributed by atoms with Gasteiger partial charge in [0, 0.05) is 12.6 Å². The van der Waals surface area contributed by atoms with Crippen LogP contribution >= 0.6 is 0 Å². The molecule has 0 saturated heterocycles. The highest BCUT2D eigenvalue weighted by Crippen LogP contribution is 2.17. The molecule has 0 radical (unpaired) electrons. The van der Waals surface area contributed by atoms with Crippen molar-refractivity contribution in [2.75, 3.05) is 26.4 Å². The van der Waals surface area contributed by atoms with Gasteiger partial charge in [0.25, 0.3) is 0 Å². The minimum absolute atomic E-state index is 0. The molecule has 2 rings (SSSR count). The number of nitrogens with one attached hydrogen (secondary N) is 1. The van der Waals surface area contributed by atoms with Crippen molar-refractivity contribution in [1.29, 1.82) is 0 Å². The van der Waals surface area contributed by atoms with E-state index < -0.39 is 6.10 Å². The first-order chi connectivity index (χ1) is 10.8. The van der Waals surface area contributed by atoms with Crippen molar-refractivity contribution in [2.24, 2.45) is 0 Å². The molecule has 1 unspecified atom stereocenters. The second kappa shape index (κ2) is 11.7. The van der Waals surface area contributed by atoms with Crippen molar-refractivity contribution in [3.8, 4) is 5.75 Å². The van der Waals surface area contributed by atoms with Crippen molar-refractivity contribution >= 4 is 0 Å². The fourth-order valence-corrected chi connectivity index (χ4v) is 2.75. The molecule has 0 amide bonds. The van der Waals surface area contributed by atoms with E-state index in [1.54, 1.807) is 0 Å². The highest BCUT2D eigenvalue weighted by atomic mass is 35.5. The highest BCUT2D eigenvalue weighted by Gasteiger charge is 2.15. The molecular weight excluding hydrogens is 314 g/mol. The van der Waals surface area contributed by atoms with Crippen LogP contribution in [0.5, 0.6) is 5.75 Å². The van der Waals surface area contributed by atoms with Crippen LogP contribution in [0.1, 0.15) is 38.2 Å². The first-order valence-electron chi connectivity index (χ1n) is 8.49. The molecule has 1 aliphatic carbocycles. The van der Waals surface area contributed by atoms with Crippen LogP contribution < -0.4 is 22.5 Å². The molecule has 4 nitrogen and oxygen atoms in total. The number of halogens is 1. The molecule has 1 atom stereocenters. The molecule has 0 aromatic heterocycles. The minimum atomic E-state index is -0.440. The number of ether oxygens (including phenoxy) is 2. The van der Waals surface area contributed by atoms with E-state index in [9.17, 15) is 5.11 Å². The molecule has 0 spiro atoms. The predicted octanol–water partition coefficient (Wildman–Crippen LogP) is -0.458. The molecule has 1 aliphatic rings. The summed E-state index contributed by atoms with van der Waals surface area (Å²) >= 11 is 0. The molecule has 1 aromatic carbocycles. The van der Waals surface area contributed by atoms with Gasteiger partial charge in [-0.25, -0.2) is 0 Å². The summed E-state index contributed by atoms with van der Waals surface area (Å²) in [5, 5.41) is 13.3. The molecule has 0 bridgehead atoms. The second-order valence-corrected chi connectivity index (χ2v) is 5.96. The molecule has 0 aliphatic heterocycles. The Balaban J connectivity index is 0.00000264. The van der Waals surface area contributed by atoms with Gasteiger partial charge in [-0.3, -0.25) is 0 Å². The predicted molar refractivity (Wildman–Crippen MR) is 88.4 cm³/mol. The van der Waals surface area contributed by atoms with Gasteiger partial charge in [-0.05, 0) is 37.0 Å². The summed E-state index contributed by atoms with van der Waals surface area (Å²) in [7, 11) is 0. The SMILES string of the molecule is CCc1ccc(OCCOCC(O)CNC2CCCC2)cc1.[Cl-]. The Morgan fingerprint density at radius 1 is 1.17 bits per heavy atom. The quantitative estimate of drug-likeness (QED) is 0.565. The van der Waals surface area contributed by atoms with E-state index in [1.165, 1.54) is 31.2 Å². The monoisotopic (exact) mass is 342 g/mol. The molecule has 1 fully saturated rings. The van der Waals surface area contributed by atoms with Crippen LogP contribution in [0.4, 0.5) is 0 Å². The molecule has 0 heterocycles. The first-order valence-corrected chi connectivity index (χ1v) is 8.49. The third kappa shape index (κ3) is 8.02. The van der Waals surface area contributed by atoms with E-state index in [1.807, 2.05) is 12.1 Å². The van der Waals surface area contributed by atoms with Crippen LogP contribution in [0.3, 0.4) is 0 Å². The van der Waals surface area contributed by atoms with Gasteiger partial charge in [0.15, 0.2) is 0 Å². The van der Waals surface area contributed by atoms with E-state index in [0.717, 1.165) is 12.2 Å². The first kappa shape index (κ1) is 20.2. The fourth-order valence-electron chi connectivity index (χ4n) is 2.75. The molecular formula is C18H29ClNO3-. The van der Waals surface area contributed by atoms with Crippen molar-refractivity contribution in [2.45, 2.75) is 51.2 Å². The molecule has 2 N–H and O–H groups in total. The second-order valence-electron chi connectivity index (χ2n) is 5.96. The maximum Gasteiger partial charge on any atom is 0.119 e. The van der Waals surface area contributed by atoms with Gasteiger partial charge in [0.05, 0.1) is 19.3 Å². The number of aliphatic hydroxyl groups excluding tert-OH is 1. The fraction of sp³-hybridized carbons (Fsp3) is 0.667. The zero-order valence-corrected chi connectivity index (χ0v) is 14.7. The number of rotatable bonds is 10. The van der Waals surface area contributed by atoms with Gasteiger partial charge < -0.3 is 32.3 Å². The lowest BCUT2D eigenvalue weighted by Crippen LogP contribution is -3.00. The topological polar surface area (TPSA) is 50.7 Å². The molecule has 5 heteroatoms. The van der Waals surface area contributed by atoms with Crippen LogP contribution in [-0.4, -0.2) is 43.6 Å². The standard InChI is InChI=1S/C18H29NO3.ClH/c1-2-15-7-9-18(10-8-15)22-12-11-21-14-17(20)13-19-16-5-3-4-6-16;/h7-10,16-17,19-20H,2-6,11-14H2,1H3;1H/p-1. The van der Waals surface area contributed by atoms with E-state index in [4.69, 9.17) is 9.47 Å². The summed E-state index contributed by atoms with van der Waals surface area (Å²) in [6, 6.07) is 8.71. The maximum absolute atomic E-state index is 9.86. The Morgan fingerprint density at radius 3 is 2.52 bits per heavy atom.